The lowest BCUT2D eigenvalue weighted by Crippen LogP contribution is -2.26. The lowest BCUT2D eigenvalue weighted by atomic mass is 10.1. The molecule has 0 radical (unpaired) electrons. The number of halogens is 3. The SMILES string of the molecule is C/C(=N/NC(=O)COc1cccc(Br)c1)c1c(F)cccc1F. The van der Waals surface area contributed by atoms with Gasteiger partial charge in [-0.2, -0.15) is 5.10 Å². The second-order valence-corrected chi connectivity index (χ2v) is 5.49. The maximum absolute atomic E-state index is 13.6. The van der Waals surface area contributed by atoms with Crippen LogP contribution in [0.3, 0.4) is 0 Å². The van der Waals surface area contributed by atoms with Crippen molar-refractivity contribution in [1.82, 2.24) is 5.43 Å². The molecule has 23 heavy (non-hydrogen) atoms. The summed E-state index contributed by atoms with van der Waals surface area (Å²) in [7, 11) is 0. The smallest absolute Gasteiger partial charge is 0.277 e. The van der Waals surface area contributed by atoms with E-state index in [-0.39, 0.29) is 17.9 Å². The molecule has 2 aromatic rings. The molecule has 0 aliphatic rings. The highest BCUT2D eigenvalue weighted by Gasteiger charge is 2.12. The normalized spacial score (nSPS) is 11.2. The van der Waals surface area contributed by atoms with Crippen molar-refractivity contribution in [3.05, 3.63) is 64.1 Å². The van der Waals surface area contributed by atoms with Gasteiger partial charge in [0.2, 0.25) is 0 Å². The van der Waals surface area contributed by atoms with Gasteiger partial charge in [0.15, 0.2) is 6.61 Å². The highest BCUT2D eigenvalue weighted by Crippen LogP contribution is 2.17. The number of amides is 1. The van der Waals surface area contributed by atoms with E-state index >= 15 is 0 Å². The number of nitrogens with zero attached hydrogens (tertiary/aromatic N) is 1. The molecule has 0 fully saturated rings. The van der Waals surface area contributed by atoms with Crippen molar-refractivity contribution in [3.63, 3.8) is 0 Å². The quantitative estimate of drug-likeness (QED) is 0.633. The maximum atomic E-state index is 13.6. The molecule has 1 amide bonds. The molecule has 0 atom stereocenters. The molecule has 0 bridgehead atoms. The number of carbonyl (C=O) groups excluding carboxylic acids is 1. The van der Waals surface area contributed by atoms with Crippen LogP contribution < -0.4 is 10.2 Å². The standard InChI is InChI=1S/C16H13BrF2N2O2/c1-10(16-13(18)6-3-7-14(16)19)20-21-15(22)9-23-12-5-2-4-11(17)8-12/h2-8H,9H2,1H3,(H,21,22)/b20-10-. The average Bonchev–Trinajstić information content (AvgIpc) is 2.51. The Hall–Kier alpha value is -2.28. The van der Waals surface area contributed by atoms with Crippen molar-refractivity contribution in [2.24, 2.45) is 5.10 Å². The molecule has 120 valence electrons. The van der Waals surface area contributed by atoms with E-state index in [9.17, 15) is 13.6 Å². The molecule has 0 aliphatic heterocycles. The summed E-state index contributed by atoms with van der Waals surface area (Å²) in [5.41, 5.74) is 1.95. The molecular weight excluding hydrogens is 370 g/mol. The van der Waals surface area contributed by atoms with Gasteiger partial charge in [-0.3, -0.25) is 4.79 Å². The first-order chi connectivity index (χ1) is 11.0. The monoisotopic (exact) mass is 382 g/mol. The van der Waals surface area contributed by atoms with E-state index in [1.165, 1.54) is 13.0 Å². The van der Waals surface area contributed by atoms with Crippen LogP contribution in [-0.2, 0) is 4.79 Å². The number of rotatable bonds is 5. The predicted molar refractivity (Wildman–Crippen MR) is 86.3 cm³/mol. The van der Waals surface area contributed by atoms with Crippen molar-refractivity contribution in [2.75, 3.05) is 6.61 Å². The maximum Gasteiger partial charge on any atom is 0.277 e. The minimum Gasteiger partial charge on any atom is -0.484 e. The van der Waals surface area contributed by atoms with E-state index in [1.54, 1.807) is 18.2 Å². The predicted octanol–water partition coefficient (Wildman–Crippen LogP) is 3.65. The fourth-order valence-electron chi connectivity index (χ4n) is 1.78. The van der Waals surface area contributed by atoms with Crippen LogP contribution in [0.4, 0.5) is 8.78 Å². The van der Waals surface area contributed by atoms with Crippen LogP contribution in [0, 0.1) is 11.6 Å². The Kier molecular flexibility index (Phi) is 5.81. The van der Waals surface area contributed by atoms with Gasteiger partial charge in [-0.1, -0.05) is 28.1 Å². The third kappa shape index (κ3) is 4.85. The fourth-order valence-corrected chi connectivity index (χ4v) is 2.16. The molecule has 0 aromatic heterocycles. The fraction of sp³-hybridized carbons (Fsp3) is 0.125. The number of hydrazone groups is 1. The minimum absolute atomic E-state index is 0.0244. The Balaban J connectivity index is 1.95. The second-order valence-electron chi connectivity index (χ2n) is 4.57. The van der Waals surface area contributed by atoms with Gasteiger partial charge in [-0.05, 0) is 37.3 Å². The molecule has 1 N–H and O–H groups in total. The summed E-state index contributed by atoms with van der Waals surface area (Å²) in [6.45, 7) is 1.13. The topological polar surface area (TPSA) is 50.7 Å². The molecule has 7 heteroatoms. The third-order valence-electron chi connectivity index (χ3n) is 2.84. The van der Waals surface area contributed by atoms with Gasteiger partial charge in [0.1, 0.15) is 17.4 Å². The van der Waals surface area contributed by atoms with Crippen LogP contribution in [0.2, 0.25) is 0 Å². The molecular formula is C16H13BrF2N2O2. The van der Waals surface area contributed by atoms with E-state index in [2.05, 4.69) is 26.5 Å². The van der Waals surface area contributed by atoms with Crippen molar-refractivity contribution < 1.29 is 18.3 Å². The lowest BCUT2D eigenvalue weighted by molar-refractivity contribution is -0.123. The van der Waals surface area contributed by atoms with Crippen molar-refractivity contribution in [1.29, 1.82) is 0 Å². The van der Waals surface area contributed by atoms with Crippen LogP contribution in [-0.4, -0.2) is 18.2 Å². The zero-order valence-corrected chi connectivity index (χ0v) is 13.7. The van der Waals surface area contributed by atoms with Crippen LogP contribution in [0.1, 0.15) is 12.5 Å². The van der Waals surface area contributed by atoms with Crippen molar-refractivity contribution in [3.8, 4) is 5.75 Å². The molecule has 4 nitrogen and oxygen atoms in total. The average molecular weight is 383 g/mol. The van der Waals surface area contributed by atoms with Crippen molar-refractivity contribution >= 4 is 27.5 Å². The van der Waals surface area contributed by atoms with Crippen LogP contribution in [0.15, 0.2) is 52.0 Å². The lowest BCUT2D eigenvalue weighted by Gasteiger charge is -2.07. The third-order valence-corrected chi connectivity index (χ3v) is 3.33. The van der Waals surface area contributed by atoms with Gasteiger partial charge in [0.25, 0.3) is 5.91 Å². The minimum atomic E-state index is -0.745. The molecule has 2 rings (SSSR count). The Morgan fingerprint density at radius 3 is 2.52 bits per heavy atom. The van der Waals surface area contributed by atoms with E-state index in [4.69, 9.17) is 4.74 Å². The molecule has 0 aliphatic carbocycles. The molecule has 2 aromatic carbocycles. The summed E-state index contributed by atoms with van der Waals surface area (Å²) in [5.74, 6) is -1.52. The van der Waals surface area contributed by atoms with Gasteiger partial charge in [0.05, 0.1) is 11.3 Å². The summed E-state index contributed by atoms with van der Waals surface area (Å²) < 4.78 is 33.2. The number of carbonyl (C=O) groups is 1. The van der Waals surface area contributed by atoms with Gasteiger partial charge < -0.3 is 4.74 Å². The summed E-state index contributed by atoms with van der Waals surface area (Å²) in [6, 6.07) is 10.5. The summed E-state index contributed by atoms with van der Waals surface area (Å²) >= 11 is 3.28. The first-order valence-electron chi connectivity index (χ1n) is 6.63. The zero-order chi connectivity index (χ0) is 16.8. The summed E-state index contributed by atoms with van der Waals surface area (Å²) in [6.07, 6.45) is 0. The summed E-state index contributed by atoms with van der Waals surface area (Å²) in [4.78, 5) is 11.7. The zero-order valence-electron chi connectivity index (χ0n) is 12.1. The molecule has 0 heterocycles. The number of hydrogen-bond acceptors (Lipinski definition) is 3. The number of hydrogen-bond donors (Lipinski definition) is 1. The van der Waals surface area contributed by atoms with E-state index in [1.807, 2.05) is 6.07 Å². The van der Waals surface area contributed by atoms with Crippen LogP contribution >= 0.6 is 15.9 Å². The van der Waals surface area contributed by atoms with Gasteiger partial charge in [-0.15, -0.1) is 0 Å². The first-order valence-corrected chi connectivity index (χ1v) is 7.42. The Labute approximate surface area is 140 Å². The number of ether oxygens (including phenoxy) is 1. The van der Waals surface area contributed by atoms with E-state index < -0.39 is 17.5 Å². The van der Waals surface area contributed by atoms with Crippen molar-refractivity contribution in [2.45, 2.75) is 6.92 Å². The Morgan fingerprint density at radius 1 is 1.22 bits per heavy atom. The van der Waals surface area contributed by atoms with Gasteiger partial charge in [-0.25, -0.2) is 14.2 Å². The Morgan fingerprint density at radius 2 is 1.87 bits per heavy atom. The second kappa shape index (κ2) is 7.82. The first kappa shape index (κ1) is 17.1. The van der Waals surface area contributed by atoms with Gasteiger partial charge >= 0.3 is 0 Å². The van der Waals surface area contributed by atoms with E-state index in [0.717, 1.165) is 16.6 Å². The summed E-state index contributed by atoms with van der Waals surface area (Å²) in [5, 5.41) is 3.69. The molecule has 0 saturated carbocycles. The number of nitrogens with one attached hydrogen (secondary N) is 1. The molecule has 0 saturated heterocycles. The Bertz CT molecular complexity index is 730. The van der Waals surface area contributed by atoms with Gasteiger partial charge in [0, 0.05) is 4.47 Å². The number of benzene rings is 2. The highest BCUT2D eigenvalue weighted by atomic mass is 79.9. The van der Waals surface area contributed by atoms with Crippen LogP contribution in [0.5, 0.6) is 5.75 Å². The highest BCUT2D eigenvalue weighted by molar-refractivity contribution is 9.10. The van der Waals surface area contributed by atoms with E-state index in [0.29, 0.717) is 5.75 Å². The molecule has 0 unspecified atom stereocenters. The molecule has 0 spiro atoms. The largest absolute Gasteiger partial charge is 0.484 e. The van der Waals surface area contributed by atoms with Crippen LogP contribution in [0.25, 0.3) is 0 Å².